The first-order valence-corrected chi connectivity index (χ1v) is 9.90. The maximum Gasteiger partial charge on any atom is 0.225 e. The number of rotatable bonds is 6. The summed E-state index contributed by atoms with van der Waals surface area (Å²) in [7, 11) is 0. The molecule has 0 aromatic heterocycles. The highest BCUT2D eigenvalue weighted by atomic mass is 16.2. The highest BCUT2D eigenvalue weighted by Crippen LogP contribution is 2.12. The van der Waals surface area contributed by atoms with Gasteiger partial charge in [-0.05, 0) is 12.8 Å². The molecule has 0 unspecified atom stereocenters. The quantitative estimate of drug-likeness (QED) is 0.776. The van der Waals surface area contributed by atoms with Crippen molar-refractivity contribution in [2.45, 2.75) is 46.6 Å². The van der Waals surface area contributed by atoms with Crippen molar-refractivity contribution in [3.8, 4) is 0 Å². The summed E-state index contributed by atoms with van der Waals surface area (Å²) in [5.41, 5.74) is 0. The molecule has 2 aliphatic rings. The van der Waals surface area contributed by atoms with Crippen molar-refractivity contribution < 1.29 is 9.59 Å². The van der Waals surface area contributed by atoms with E-state index in [4.69, 9.17) is 0 Å². The number of hydrogen-bond donors (Lipinski definition) is 1. The van der Waals surface area contributed by atoms with E-state index in [2.05, 4.69) is 15.1 Å². The van der Waals surface area contributed by atoms with Crippen LogP contribution in [0.25, 0.3) is 0 Å². The van der Waals surface area contributed by atoms with E-state index in [0.717, 1.165) is 65.2 Å². The van der Waals surface area contributed by atoms with E-state index in [9.17, 15) is 9.59 Å². The van der Waals surface area contributed by atoms with Crippen LogP contribution in [0.3, 0.4) is 0 Å². The zero-order chi connectivity index (χ0) is 18.4. The van der Waals surface area contributed by atoms with Gasteiger partial charge in [0, 0.05) is 70.2 Å². The van der Waals surface area contributed by atoms with Crippen LogP contribution >= 0.6 is 0 Å². The molecule has 0 atom stereocenters. The van der Waals surface area contributed by atoms with Gasteiger partial charge in [0.1, 0.15) is 0 Å². The predicted molar refractivity (Wildman–Crippen MR) is 100 cm³/mol. The molecule has 0 aliphatic carbocycles. The molecule has 0 radical (unpaired) electrons. The van der Waals surface area contributed by atoms with Gasteiger partial charge in [0.25, 0.3) is 0 Å². The minimum Gasteiger partial charge on any atom is -0.353 e. The van der Waals surface area contributed by atoms with Gasteiger partial charge in [-0.2, -0.15) is 0 Å². The summed E-state index contributed by atoms with van der Waals surface area (Å²) in [5, 5.41) is 3.16. The SMILES string of the molecule is CC(C)C(=O)NC1CCN(CCN2CCN(C(=O)C(C)C)CC2)CC1. The molecule has 0 saturated carbocycles. The van der Waals surface area contributed by atoms with E-state index in [-0.39, 0.29) is 23.7 Å². The lowest BCUT2D eigenvalue weighted by Gasteiger charge is -2.38. The Balaban J connectivity index is 1.61. The Morgan fingerprint density at radius 2 is 1.36 bits per heavy atom. The Morgan fingerprint density at radius 3 is 1.84 bits per heavy atom. The molecule has 0 aromatic rings. The second kappa shape index (κ2) is 9.53. The number of nitrogens with one attached hydrogen (secondary N) is 1. The highest BCUT2D eigenvalue weighted by Gasteiger charge is 2.24. The lowest BCUT2D eigenvalue weighted by molar-refractivity contribution is -0.136. The number of nitrogens with zero attached hydrogens (tertiary/aromatic N) is 3. The first-order valence-electron chi connectivity index (χ1n) is 9.90. The predicted octanol–water partition coefficient (Wildman–Crippen LogP) is 1.02. The summed E-state index contributed by atoms with van der Waals surface area (Å²) in [4.78, 5) is 30.8. The first kappa shape index (κ1) is 20.2. The third-order valence-corrected chi connectivity index (χ3v) is 5.37. The smallest absolute Gasteiger partial charge is 0.225 e. The molecule has 2 saturated heterocycles. The summed E-state index contributed by atoms with van der Waals surface area (Å²) in [6.45, 7) is 15.8. The summed E-state index contributed by atoms with van der Waals surface area (Å²) in [6.07, 6.45) is 2.10. The average molecular weight is 353 g/mol. The highest BCUT2D eigenvalue weighted by molar-refractivity contribution is 5.78. The molecule has 2 rings (SSSR count). The van der Waals surface area contributed by atoms with Gasteiger partial charge in [-0.3, -0.25) is 14.5 Å². The third-order valence-electron chi connectivity index (χ3n) is 5.37. The number of piperidine rings is 1. The van der Waals surface area contributed by atoms with Crippen LogP contribution in [0.15, 0.2) is 0 Å². The molecule has 2 aliphatic heterocycles. The molecular formula is C19H36N4O2. The van der Waals surface area contributed by atoms with Gasteiger partial charge in [-0.25, -0.2) is 0 Å². The monoisotopic (exact) mass is 352 g/mol. The Hall–Kier alpha value is -1.14. The summed E-state index contributed by atoms with van der Waals surface area (Å²) >= 11 is 0. The fourth-order valence-electron chi connectivity index (χ4n) is 3.51. The second-order valence-corrected chi connectivity index (χ2v) is 8.10. The molecule has 0 aromatic carbocycles. The number of likely N-dealkylation sites (tertiary alicyclic amines) is 1. The van der Waals surface area contributed by atoms with Crippen molar-refractivity contribution in [1.29, 1.82) is 0 Å². The topological polar surface area (TPSA) is 55.9 Å². The fraction of sp³-hybridized carbons (Fsp3) is 0.895. The number of carbonyl (C=O) groups is 2. The van der Waals surface area contributed by atoms with E-state index < -0.39 is 0 Å². The molecule has 6 heteroatoms. The Morgan fingerprint density at radius 1 is 0.840 bits per heavy atom. The number of carbonyl (C=O) groups excluding carboxylic acids is 2. The number of hydrogen-bond acceptors (Lipinski definition) is 4. The zero-order valence-corrected chi connectivity index (χ0v) is 16.5. The van der Waals surface area contributed by atoms with Gasteiger partial charge >= 0.3 is 0 Å². The van der Waals surface area contributed by atoms with Gasteiger partial charge in [0.2, 0.25) is 11.8 Å². The molecule has 1 N–H and O–H groups in total. The van der Waals surface area contributed by atoms with E-state index in [1.807, 2.05) is 32.6 Å². The summed E-state index contributed by atoms with van der Waals surface area (Å²) < 4.78 is 0. The van der Waals surface area contributed by atoms with Crippen LogP contribution in [0.2, 0.25) is 0 Å². The summed E-state index contributed by atoms with van der Waals surface area (Å²) in [5.74, 6) is 0.626. The first-order chi connectivity index (χ1) is 11.9. The maximum atomic E-state index is 12.0. The van der Waals surface area contributed by atoms with E-state index >= 15 is 0 Å². The van der Waals surface area contributed by atoms with Crippen molar-refractivity contribution >= 4 is 11.8 Å². The molecule has 6 nitrogen and oxygen atoms in total. The molecule has 0 bridgehead atoms. The lowest BCUT2D eigenvalue weighted by Crippen LogP contribution is -2.52. The van der Waals surface area contributed by atoms with Crippen molar-refractivity contribution in [2.24, 2.45) is 11.8 Å². The van der Waals surface area contributed by atoms with Gasteiger partial charge in [-0.15, -0.1) is 0 Å². The van der Waals surface area contributed by atoms with Crippen molar-refractivity contribution in [1.82, 2.24) is 20.0 Å². The van der Waals surface area contributed by atoms with Crippen LogP contribution < -0.4 is 5.32 Å². The van der Waals surface area contributed by atoms with Gasteiger partial charge in [-0.1, -0.05) is 27.7 Å². The molecular weight excluding hydrogens is 316 g/mol. The Bertz CT molecular complexity index is 437. The second-order valence-electron chi connectivity index (χ2n) is 8.10. The molecule has 2 fully saturated rings. The van der Waals surface area contributed by atoms with Crippen LogP contribution in [0.4, 0.5) is 0 Å². The molecule has 0 spiro atoms. The van der Waals surface area contributed by atoms with Gasteiger partial charge in [0.05, 0.1) is 0 Å². The normalized spacial score (nSPS) is 21.1. The minimum atomic E-state index is 0.0688. The van der Waals surface area contributed by atoms with E-state index in [1.165, 1.54) is 0 Å². The number of piperazine rings is 1. The zero-order valence-electron chi connectivity index (χ0n) is 16.5. The van der Waals surface area contributed by atoms with Crippen LogP contribution in [0, 0.1) is 11.8 Å². The van der Waals surface area contributed by atoms with Crippen molar-refractivity contribution in [3.05, 3.63) is 0 Å². The van der Waals surface area contributed by atoms with Gasteiger partial charge in [0.15, 0.2) is 0 Å². The van der Waals surface area contributed by atoms with Gasteiger partial charge < -0.3 is 15.1 Å². The largest absolute Gasteiger partial charge is 0.353 e. The minimum absolute atomic E-state index is 0.0688. The molecule has 144 valence electrons. The Kier molecular flexibility index (Phi) is 7.69. The molecule has 25 heavy (non-hydrogen) atoms. The number of amides is 2. The van der Waals surface area contributed by atoms with Crippen LogP contribution in [0.1, 0.15) is 40.5 Å². The maximum absolute atomic E-state index is 12.0. The van der Waals surface area contributed by atoms with Crippen molar-refractivity contribution in [3.63, 3.8) is 0 Å². The third kappa shape index (κ3) is 6.26. The van der Waals surface area contributed by atoms with Crippen molar-refractivity contribution in [2.75, 3.05) is 52.4 Å². The Labute approximate surface area is 152 Å². The molecule has 2 amide bonds. The summed E-state index contributed by atoms with van der Waals surface area (Å²) in [6, 6.07) is 0.344. The average Bonchev–Trinajstić information content (AvgIpc) is 2.60. The fourth-order valence-corrected chi connectivity index (χ4v) is 3.51. The lowest BCUT2D eigenvalue weighted by atomic mass is 10.0. The van der Waals surface area contributed by atoms with E-state index in [1.54, 1.807) is 0 Å². The van der Waals surface area contributed by atoms with E-state index in [0.29, 0.717) is 6.04 Å². The van der Waals surface area contributed by atoms with Crippen LogP contribution in [0.5, 0.6) is 0 Å². The molecule has 2 heterocycles. The van der Waals surface area contributed by atoms with Crippen LogP contribution in [-0.2, 0) is 9.59 Å². The standard InChI is InChI=1S/C19H36N4O2/c1-15(2)18(24)20-17-5-7-21(8-6-17)9-10-22-11-13-23(14-12-22)19(25)16(3)4/h15-17H,5-14H2,1-4H3,(H,20,24). The van der Waals surface area contributed by atoms with Crippen LogP contribution in [-0.4, -0.2) is 84.9 Å².